The van der Waals surface area contributed by atoms with Crippen molar-refractivity contribution in [3.05, 3.63) is 93.8 Å². The largest absolute Gasteiger partial charge is 0.369 e. The van der Waals surface area contributed by atoms with Crippen molar-refractivity contribution in [2.45, 2.75) is 19.3 Å². The summed E-state index contributed by atoms with van der Waals surface area (Å²) in [6, 6.07) is 18.2. The molecule has 0 aliphatic heterocycles. The van der Waals surface area contributed by atoms with E-state index < -0.39 is 5.92 Å². The van der Waals surface area contributed by atoms with Gasteiger partial charge < -0.3 is 10.3 Å². The van der Waals surface area contributed by atoms with E-state index in [4.69, 9.17) is 17.3 Å². The van der Waals surface area contributed by atoms with E-state index >= 15 is 0 Å². The molecule has 1 unspecified atom stereocenters. The van der Waals surface area contributed by atoms with Gasteiger partial charge in [-0.05, 0) is 48.4 Å². The zero-order valence-electron chi connectivity index (χ0n) is 15.3. The molecule has 0 aliphatic carbocycles. The SMILES string of the molecule is Cc1cc(CC(C(N)=O)c2ccccc2)n(C)c1C(=O)c1ccc(Cl)cc1. The molecular formula is C22H21ClN2O2. The Morgan fingerprint density at radius 2 is 1.70 bits per heavy atom. The number of carbonyl (C=O) groups excluding carboxylic acids is 2. The number of rotatable bonds is 6. The van der Waals surface area contributed by atoms with Crippen LogP contribution >= 0.6 is 11.6 Å². The average molecular weight is 381 g/mol. The first kappa shape index (κ1) is 18.9. The lowest BCUT2D eigenvalue weighted by Crippen LogP contribution is -2.24. The van der Waals surface area contributed by atoms with Crippen molar-refractivity contribution >= 4 is 23.3 Å². The molecule has 2 N–H and O–H groups in total. The second-order valence-corrected chi connectivity index (χ2v) is 7.07. The third-order valence-corrected chi connectivity index (χ3v) is 5.05. The number of benzene rings is 2. The molecule has 0 aliphatic rings. The Labute approximate surface area is 163 Å². The van der Waals surface area contributed by atoms with Crippen molar-refractivity contribution in [2.24, 2.45) is 12.8 Å². The van der Waals surface area contributed by atoms with Crippen LogP contribution in [0, 0.1) is 6.92 Å². The number of aromatic nitrogens is 1. The smallest absolute Gasteiger partial charge is 0.225 e. The van der Waals surface area contributed by atoms with Gasteiger partial charge in [0.25, 0.3) is 0 Å². The van der Waals surface area contributed by atoms with E-state index in [2.05, 4.69) is 0 Å². The van der Waals surface area contributed by atoms with Gasteiger partial charge in [0, 0.05) is 29.7 Å². The van der Waals surface area contributed by atoms with Gasteiger partial charge in [-0.15, -0.1) is 0 Å². The van der Waals surface area contributed by atoms with Crippen molar-refractivity contribution in [3.63, 3.8) is 0 Å². The van der Waals surface area contributed by atoms with Crippen LogP contribution in [0.15, 0.2) is 60.7 Å². The first-order valence-electron chi connectivity index (χ1n) is 8.68. The van der Waals surface area contributed by atoms with Crippen molar-refractivity contribution < 1.29 is 9.59 Å². The molecule has 1 amide bonds. The number of halogens is 1. The summed E-state index contributed by atoms with van der Waals surface area (Å²) < 4.78 is 1.85. The van der Waals surface area contributed by atoms with Crippen LogP contribution in [-0.2, 0) is 18.3 Å². The number of nitrogens with zero attached hydrogens (tertiary/aromatic N) is 1. The second-order valence-electron chi connectivity index (χ2n) is 6.63. The molecule has 4 nitrogen and oxygen atoms in total. The van der Waals surface area contributed by atoms with Crippen molar-refractivity contribution in [1.29, 1.82) is 0 Å². The first-order chi connectivity index (χ1) is 12.9. The van der Waals surface area contributed by atoms with E-state index in [1.54, 1.807) is 24.3 Å². The third kappa shape index (κ3) is 3.96. The van der Waals surface area contributed by atoms with E-state index in [-0.39, 0.29) is 11.7 Å². The fourth-order valence-electron chi connectivity index (χ4n) is 3.37. The standard InChI is InChI=1S/C22H21ClN2O2/c1-14-12-18(13-19(22(24)27)15-6-4-3-5-7-15)25(2)20(14)21(26)16-8-10-17(23)11-9-16/h3-12,19H,13H2,1-2H3,(H2,24,27). The molecule has 0 bridgehead atoms. The first-order valence-corrected chi connectivity index (χ1v) is 9.06. The van der Waals surface area contributed by atoms with Crippen LogP contribution in [0.4, 0.5) is 0 Å². The minimum atomic E-state index is -0.447. The van der Waals surface area contributed by atoms with Crippen molar-refractivity contribution in [2.75, 3.05) is 0 Å². The highest BCUT2D eigenvalue weighted by molar-refractivity contribution is 6.30. The van der Waals surface area contributed by atoms with E-state index in [1.807, 2.05) is 54.9 Å². The highest BCUT2D eigenvalue weighted by Crippen LogP contribution is 2.25. The Balaban J connectivity index is 1.94. The second kappa shape index (κ2) is 7.80. The number of amides is 1. The van der Waals surface area contributed by atoms with Crippen LogP contribution < -0.4 is 5.73 Å². The number of primary amides is 1. The predicted molar refractivity (Wildman–Crippen MR) is 107 cm³/mol. The summed E-state index contributed by atoms with van der Waals surface area (Å²) in [5.41, 5.74) is 9.44. The summed E-state index contributed by atoms with van der Waals surface area (Å²) in [5, 5.41) is 0.586. The summed E-state index contributed by atoms with van der Waals surface area (Å²) in [5.74, 6) is -0.906. The average Bonchev–Trinajstić information content (AvgIpc) is 2.93. The molecule has 0 saturated heterocycles. The molecule has 138 valence electrons. The highest BCUT2D eigenvalue weighted by Gasteiger charge is 2.23. The van der Waals surface area contributed by atoms with E-state index in [1.165, 1.54) is 0 Å². The lowest BCUT2D eigenvalue weighted by Gasteiger charge is -2.15. The third-order valence-electron chi connectivity index (χ3n) is 4.80. The van der Waals surface area contributed by atoms with Crippen LogP contribution in [-0.4, -0.2) is 16.3 Å². The molecule has 2 aromatic carbocycles. The highest BCUT2D eigenvalue weighted by atomic mass is 35.5. The summed E-state index contributed by atoms with van der Waals surface area (Å²) >= 11 is 5.91. The van der Waals surface area contributed by atoms with Crippen LogP contribution in [0.5, 0.6) is 0 Å². The summed E-state index contributed by atoms with van der Waals surface area (Å²) in [4.78, 5) is 25.0. The number of nitrogens with two attached hydrogens (primary N) is 1. The van der Waals surface area contributed by atoms with Gasteiger partial charge in [-0.25, -0.2) is 0 Å². The Hall–Kier alpha value is -2.85. The lowest BCUT2D eigenvalue weighted by molar-refractivity contribution is -0.119. The fourth-order valence-corrected chi connectivity index (χ4v) is 3.49. The molecule has 0 radical (unpaired) electrons. The van der Waals surface area contributed by atoms with Gasteiger partial charge in [0.2, 0.25) is 11.7 Å². The minimum Gasteiger partial charge on any atom is -0.369 e. The van der Waals surface area contributed by atoms with Gasteiger partial charge in [0.1, 0.15) is 0 Å². The summed E-state index contributed by atoms with van der Waals surface area (Å²) in [6.45, 7) is 1.90. The van der Waals surface area contributed by atoms with Gasteiger partial charge in [-0.2, -0.15) is 0 Å². The Bertz CT molecular complexity index is 976. The number of hydrogen-bond acceptors (Lipinski definition) is 2. The molecule has 1 aromatic heterocycles. The van der Waals surface area contributed by atoms with Gasteiger partial charge in [-0.3, -0.25) is 9.59 Å². The number of ketones is 1. The lowest BCUT2D eigenvalue weighted by atomic mass is 9.93. The van der Waals surface area contributed by atoms with Crippen LogP contribution in [0.1, 0.15) is 38.8 Å². The van der Waals surface area contributed by atoms with Crippen molar-refractivity contribution in [3.8, 4) is 0 Å². The van der Waals surface area contributed by atoms with Crippen LogP contribution in [0.3, 0.4) is 0 Å². The zero-order valence-corrected chi connectivity index (χ0v) is 16.0. The number of aryl methyl sites for hydroxylation is 1. The maximum atomic E-state index is 12.9. The summed E-state index contributed by atoms with van der Waals surface area (Å²) in [6.07, 6.45) is 0.435. The minimum absolute atomic E-state index is 0.0757. The van der Waals surface area contributed by atoms with Crippen LogP contribution in [0.2, 0.25) is 5.02 Å². The Morgan fingerprint density at radius 1 is 1.07 bits per heavy atom. The topological polar surface area (TPSA) is 65.1 Å². The predicted octanol–water partition coefficient (Wildman–Crippen LogP) is 4.03. The number of hydrogen-bond donors (Lipinski definition) is 1. The monoisotopic (exact) mass is 380 g/mol. The summed E-state index contributed by atoms with van der Waals surface area (Å²) in [7, 11) is 1.84. The van der Waals surface area contributed by atoms with Gasteiger partial charge in [0.15, 0.2) is 0 Å². The quantitative estimate of drug-likeness (QED) is 0.656. The molecule has 3 aromatic rings. The Kier molecular flexibility index (Phi) is 5.47. The van der Waals surface area contributed by atoms with E-state index in [0.717, 1.165) is 16.8 Å². The molecule has 27 heavy (non-hydrogen) atoms. The molecule has 1 atom stereocenters. The zero-order chi connectivity index (χ0) is 19.6. The molecule has 0 spiro atoms. The van der Waals surface area contributed by atoms with Gasteiger partial charge in [-0.1, -0.05) is 41.9 Å². The van der Waals surface area contributed by atoms with Crippen molar-refractivity contribution in [1.82, 2.24) is 4.57 Å². The van der Waals surface area contributed by atoms with E-state index in [9.17, 15) is 9.59 Å². The molecule has 3 rings (SSSR count). The molecule has 0 fully saturated rings. The van der Waals surface area contributed by atoms with Gasteiger partial charge in [0.05, 0.1) is 11.6 Å². The van der Waals surface area contributed by atoms with Crippen LogP contribution in [0.25, 0.3) is 0 Å². The molecule has 5 heteroatoms. The van der Waals surface area contributed by atoms with Gasteiger partial charge >= 0.3 is 0 Å². The molecule has 0 saturated carbocycles. The molecule has 1 heterocycles. The normalized spacial score (nSPS) is 12.0. The molecular weight excluding hydrogens is 360 g/mol. The number of carbonyl (C=O) groups is 2. The fraction of sp³-hybridized carbons (Fsp3) is 0.182. The van der Waals surface area contributed by atoms with E-state index in [0.29, 0.717) is 22.7 Å². The maximum absolute atomic E-state index is 12.9. The Morgan fingerprint density at radius 3 is 2.30 bits per heavy atom. The maximum Gasteiger partial charge on any atom is 0.225 e.